The molecule has 3 rings (SSSR count). The Labute approximate surface area is 124 Å². The fourth-order valence-electron chi connectivity index (χ4n) is 3.52. The standard InChI is InChI=1S/C18H21NO2/c1-13-11-18(21)19(9-10-20)17-12-15(7-8-16(13)17)14-5-3-2-4-6-14/h7-8,10-12,14H,2-6,9H2,1H3. The first-order valence-corrected chi connectivity index (χ1v) is 7.78. The number of nitrogens with zero attached hydrogens (tertiary/aromatic N) is 1. The summed E-state index contributed by atoms with van der Waals surface area (Å²) >= 11 is 0. The van der Waals surface area contributed by atoms with Crippen LogP contribution in [0, 0.1) is 6.92 Å². The molecule has 0 N–H and O–H groups in total. The quantitative estimate of drug-likeness (QED) is 0.808. The second kappa shape index (κ2) is 5.84. The SMILES string of the molecule is Cc1cc(=O)n(CC=O)c2cc(C3CCCCC3)ccc12. The summed E-state index contributed by atoms with van der Waals surface area (Å²) in [5.74, 6) is 0.600. The van der Waals surface area contributed by atoms with Gasteiger partial charge in [-0.25, -0.2) is 0 Å². The van der Waals surface area contributed by atoms with Gasteiger partial charge >= 0.3 is 0 Å². The van der Waals surface area contributed by atoms with Crippen LogP contribution >= 0.6 is 0 Å². The lowest BCUT2D eigenvalue weighted by molar-refractivity contribution is -0.108. The van der Waals surface area contributed by atoms with Crippen LogP contribution in [0.3, 0.4) is 0 Å². The Balaban J connectivity index is 2.16. The van der Waals surface area contributed by atoms with Gasteiger partial charge in [-0.2, -0.15) is 0 Å². The monoisotopic (exact) mass is 283 g/mol. The third-order valence-electron chi connectivity index (χ3n) is 4.68. The van der Waals surface area contributed by atoms with Gasteiger partial charge in [-0.05, 0) is 42.9 Å². The van der Waals surface area contributed by atoms with Gasteiger partial charge in [-0.3, -0.25) is 4.79 Å². The van der Waals surface area contributed by atoms with Gasteiger partial charge in [0, 0.05) is 11.5 Å². The minimum absolute atomic E-state index is 0.0899. The molecule has 1 aliphatic rings. The second-order valence-electron chi connectivity index (χ2n) is 6.05. The van der Waals surface area contributed by atoms with Crippen molar-refractivity contribution in [2.45, 2.75) is 51.5 Å². The van der Waals surface area contributed by atoms with Crippen LogP contribution < -0.4 is 5.56 Å². The molecule has 0 amide bonds. The summed E-state index contributed by atoms with van der Waals surface area (Å²) in [6, 6.07) is 8.05. The summed E-state index contributed by atoms with van der Waals surface area (Å²) in [6.07, 6.45) is 7.17. The predicted molar refractivity (Wildman–Crippen MR) is 84.8 cm³/mol. The third-order valence-corrected chi connectivity index (χ3v) is 4.68. The number of carbonyl (C=O) groups is 1. The molecule has 0 atom stereocenters. The second-order valence-corrected chi connectivity index (χ2v) is 6.05. The zero-order valence-electron chi connectivity index (χ0n) is 12.5. The summed E-state index contributed by atoms with van der Waals surface area (Å²) in [7, 11) is 0. The molecule has 3 nitrogen and oxygen atoms in total. The van der Waals surface area contributed by atoms with E-state index >= 15 is 0 Å². The molecule has 0 unspecified atom stereocenters. The fraction of sp³-hybridized carbons (Fsp3) is 0.444. The summed E-state index contributed by atoms with van der Waals surface area (Å²) in [5, 5.41) is 1.07. The van der Waals surface area contributed by atoms with E-state index in [1.807, 2.05) is 6.92 Å². The molecular formula is C18H21NO2. The smallest absolute Gasteiger partial charge is 0.251 e. The van der Waals surface area contributed by atoms with E-state index in [0.717, 1.165) is 22.8 Å². The highest BCUT2D eigenvalue weighted by molar-refractivity contribution is 5.83. The van der Waals surface area contributed by atoms with Crippen LogP contribution in [0.5, 0.6) is 0 Å². The van der Waals surface area contributed by atoms with Crippen molar-refractivity contribution in [3.05, 3.63) is 45.7 Å². The normalized spacial score (nSPS) is 16.2. The minimum Gasteiger partial charge on any atom is -0.301 e. The number of aldehydes is 1. The zero-order chi connectivity index (χ0) is 14.8. The van der Waals surface area contributed by atoms with Gasteiger partial charge in [0.25, 0.3) is 5.56 Å². The fourth-order valence-corrected chi connectivity index (χ4v) is 3.52. The topological polar surface area (TPSA) is 39.1 Å². The minimum atomic E-state index is -0.0899. The van der Waals surface area contributed by atoms with Crippen LogP contribution in [0.2, 0.25) is 0 Å². The van der Waals surface area contributed by atoms with Gasteiger partial charge in [-0.15, -0.1) is 0 Å². The third kappa shape index (κ3) is 2.65. The predicted octanol–water partition coefficient (Wildman–Crippen LogP) is 3.56. The zero-order valence-corrected chi connectivity index (χ0v) is 12.5. The van der Waals surface area contributed by atoms with E-state index in [1.54, 1.807) is 10.6 Å². The van der Waals surface area contributed by atoms with Crippen molar-refractivity contribution < 1.29 is 4.79 Å². The van der Waals surface area contributed by atoms with Gasteiger partial charge in [0.05, 0.1) is 12.1 Å². The highest BCUT2D eigenvalue weighted by Crippen LogP contribution is 2.34. The molecule has 1 fully saturated rings. The summed E-state index contributed by atoms with van der Waals surface area (Å²) in [4.78, 5) is 23.0. The summed E-state index contributed by atoms with van der Waals surface area (Å²) < 4.78 is 1.58. The van der Waals surface area contributed by atoms with Crippen molar-refractivity contribution in [3.63, 3.8) is 0 Å². The number of pyridine rings is 1. The number of hydrogen-bond donors (Lipinski definition) is 0. The number of aromatic nitrogens is 1. The van der Waals surface area contributed by atoms with Crippen molar-refractivity contribution >= 4 is 17.2 Å². The van der Waals surface area contributed by atoms with Gasteiger partial charge in [-0.1, -0.05) is 31.4 Å². The summed E-state index contributed by atoms with van der Waals surface area (Å²) in [5.41, 5.74) is 3.10. The molecule has 110 valence electrons. The molecule has 0 saturated heterocycles. The van der Waals surface area contributed by atoms with Gasteiger partial charge in [0.1, 0.15) is 6.29 Å². The lowest BCUT2D eigenvalue weighted by Gasteiger charge is -2.22. The van der Waals surface area contributed by atoms with Crippen LogP contribution in [0.1, 0.15) is 49.1 Å². The highest BCUT2D eigenvalue weighted by Gasteiger charge is 2.16. The maximum Gasteiger partial charge on any atom is 0.251 e. The first-order valence-electron chi connectivity index (χ1n) is 7.78. The molecule has 0 aliphatic heterocycles. The van der Waals surface area contributed by atoms with Crippen LogP contribution in [0.25, 0.3) is 10.9 Å². The maximum absolute atomic E-state index is 12.1. The first kappa shape index (κ1) is 14.1. The Morgan fingerprint density at radius 1 is 1.19 bits per heavy atom. The van der Waals surface area contributed by atoms with E-state index in [4.69, 9.17) is 0 Å². The van der Waals surface area contributed by atoms with Gasteiger partial charge in [0.15, 0.2) is 0 Å². The van der Waals surface area contributed by atoms with E-state index in [1.165, 1.54) is 37.7 Å². The lowest BCUT2D eigenvalue weighted by Crippen LogP contribution is -2.21. The Morgan fingerprint density at radius 2 is 1.95 bits per heavy atom. The van der Waals surface area contributed by atoms with E-state index in [9.17, 15) is 9.59 Å². The molecular weight excluding hydrogens is 262 g/mol. The molecule has 3 heteroatoms. The molecule has 0 bridgehead atoms. The first-order chi connectivity index (χ1) is 10.2. The average molecular weight is 283 g/mol. The number of rotatable bonds is 3. The number of aryl methyl sites for hydroxylation is 1. The molecule has 1 aliphatic carbocycles. The maximum atomic E-state index is 12.1. The number of carbonyl (C=O) groups excluding carboxylic acids is 1. The van der Waals surface area contributed by atoms with Crippen LogP contribution in [0.4, 0.5) is 0 Å². The Morgan fingerprint density at radius 3 is 2.67 bits per heavy atom. The molecule has 1 saturated carbocycles. The summed E-state index contributed by atoms with van der Waals surface area (Å²) in [6.45, 7) is 2.08. The van der Waals surface area contributed by atoms with Crippen molar-refractivity contribution in [2.24, 2.45) is 0 Å². The van der Waals surface area contributed by atoms with Gasteiger partial charge < -0.3 is 9.36 Å². The number of benzene rings is 1. The Kier molecular flexibility index (Phi) is 3.91. The Bertz CT molecular complexity index is 724. The molecule has 0 spiro atoms. The Hall–Kier alpha value is -1.90. The van der Waals surface area contributed by atoms with Crippen LogP contribution in [0.15, 0.2) is 29.1 Å². The molecule has 0 radical (unpaired) electrons. The number of fused-ring (bicyclic) bond motifs is 1. The van der Waals surface area contributed by atoms with Crippen molar-refractivity contribution in [1.82, 2.24) is 4.57 Å². The van der Waals surface area contributed by atoms with Crippen molar-refractivity contribution in [3.8, 4) is 0 Å². The average Bonchev–Trinajstić information content (AvgIpc) is 2.52. The molecule has 1 aromatic heterocycles. The lowest BCUT2D eigenvalue weighted by atomic mass is 9.83. The van der Waals surface area contributed by atoms with Crippen LogP contribution in [-0.2, 0) is 11.3 Å². The van der Waals surface area contributed by atoms with Gasteiger partial charge in [0.2, 0.25) is 0 Å². The highest BCUT2D eigenvalue weighted by atomic mass is 16.1. The molecule has 1 aromatic carbocycles. The van der Waals surface area contributed by atoms with Crippen LogP contribution in [-0.4, -0.2) is 10.9 Å². The molecule has 1 heterocycles. The van der Waals surface area contributed by atoms with E-state index in [2.05, 4.69) is 18.2 Å². The van der Waals surface area contributed by atoms with E-state index < -0.39 is 0 Å². The number of hydrogen-bond acceptors (Lipinski definition) is 2. The molecule has 2 aromatic rings. The van der Waals surface area contributed by atoms with Crippen molar-refractivity contribution in [2.75, 3.05) is 0 Å². The van der Waals surface area contributed by atoms with E-state index in [0.29, 0.717) is 5.92 Å². The van der Waals surface area contributed by atoms with E-state index in [-0.39, 0.29) is 12.1 Å². The van der Waals surface area contributed by atoms with Crippen molar-refractivity contribution in [1.29, 1.82) is 0 Å². The largest absolute Gasteiger partial charge is 0.301 e. The molecule has 21 heavy (non-hydrogen) atoms.